The number of aliphatic hydroxyl groups excluding tert-OH is 1. The monoisotopic (exact) mass is 241 g/mol. The zero-order valence-corrected chi connectivity index (χ0v) is 10.9. The van der Waals surface area contributed by atoms with Crippen molar-refractivity contribution >= 4 is 17.2 Å². The molecule has 0 aliphatic heterocycles. The van der Waals surface area contributed by atoms with Crippen LogP contribution >= 0.6 is 11.3 Å². The molecule has 0 saturated heterocycles. The van der Waals surface area contributed by atoms with E-state index in [4.69, 9.17) is 5.11 Å². The lowest BCUT2D eigenvalue weighted by Crippen LogP contribution is -2.29. The zero-order valence-electron chi connectivity index (χ0n) is 10.1. The van der Waals surface area contributed by atoms with Crippen molar-refractivity contribution in [3.63, 3.8) is 0 Å². The predicted molar refractivity (Wildman–Crippen MR) is 66.6 cm³/mol. The van der Waals surface area contributed by atoms with E-state index in [1.165, 1.54) is 9.75 Å². The number of carbonyl (C=O) groups is 1. The molecule has 1 heterocycles. The van der Waals surface area contributed by atoms with Crippen molar-refractivity contribution in [1.29, 1.82) is 0 Å². The summed E-state index contributed by atoms with van der Waals surface area (Å²) in [6.07, 6.45) is 0.959. The van der Waals surface area contributed by atoms with Crippen molar-refractivity contribution in [3.8, 4) is 0 Å². The highest BCUT2D eigenvalue weighted by Gasteiger charge is 2.17. The molecule has 0 bridgehead atoms. The van der Waals surface area contributed by atoms with Gasteiger partial charge in [-0.2, -0.15) is 0 Å². The van der Waals surface area contributed by atoms with Crippen LogP contribution in [0.25, 0.3) is 0 Å². The molecule has 1 aromatic heterocycles. The summed E-state index contributed by atoms with van der Waals surface area (Å²) in [4.78, 5) is 16.0. The average Bonchev–Trinajstić information content (AvgIpc) is 2.70. The zero-order chi connectivity index (χ0) is 12.1. The molecule has 0 radical (unpaired) electrons. The fourth-order valence-electron chi connectivity index (χ4n) is 1.49. The molecule has 1 unspecified atom stereocenters. The summed E-state index contributed by atoms with van der Waals surface area (Å²) < 4.78 is 0. The van der Waals surface area contributed by atoms with Gasteiger partial charge in [-0.25, -0.2) is 0 Å². The summed E-state index contributed by atoms with van der Waals surface area (Å²) in [5, 5.41) is 8.69. The summed E-state index contributed by atoms with van der Waals surface area (Å²) in [6, 6.07) is 4.26. The van der Waals surface area contributed by atoms with E-state index in [2.05, 4.69) is 19.1 Å². The molecule has 0 aliphatic carbocycles. The number of aliphatic hydroxyl groups is 1. The fourth-order valence-corrected chi connectivity index (χ4v) is 2.46. The molecule has 4 heteroatoms. The van der Waals surface area contributed by atoms with Crippen LogP contribution in [0.15, 0.2) is 12.1 Å². The van der Waals surface area contributed by atoms with Crippen molar-refractivity contribution in [1.82, 2.24) is 4.90 Å². The Morgan fingerprint density at radius 3 is 2.75 bits per heavy atom. The summed E-state index contributed by atoms with van der Waals surface area (Å²) in [5.74, 6) is 0.0904. The van der Waals surface area contributed by atoms with Gasteiger partial charge in [0.25, 0.3) is 0 Å². The molecule has 1 atom stereocenters. The standard InChI is InChI=1S/C12H19NO2S/c1-9-6-7-11(16-9)10(2)13(3)12(15)5-4-8-14/h6-7,10,14H,4-5,8H2,1-3H3. The van der Waals surface area contributed by atoms with Gasteiger partial charge >= 0.3 is 0 Å². The Bertz CT molecular complexity index is 349. The lowest BCUT2D eigenvalue weighted by atomic mass is 10.2. The van der Waals surface area contributed by atoms with Gasteiger partial charge in [-0.1, -0.05) is 0 Å². The first kappa shape index (κ1) is 13.2. The second-order valence-electron chi connectivity index (χ2n) is 3.96. The molecule has 1 aromatic rings. The van der Waals surface area contributed by atoms with Gasteiger partial charge in [-0.05, 0) is 32.4 Å². The topological polar surface area (TPSA) is 40.5 Å². The molecule has 0 spiro atoms. The van der Waals surface area contributed by atoms with Gasteiger partial charge in [0.1, 0.15) is 0 Å². The van der Waals surface area contributed by atoms with Gasteiger partial charge in [0.15, 0.2) is 0 Å². The molecular weight excluding hydrogens is 222 g/mol. The van der Waals surface area contributed by atoms with Crippen LogP contribution in [0.4, 0.5) is 0 Å². The first-order chi connectivity index (χ1) is 7.56. The SMILES string of the molecule is Cc1ccc(C(C)N(C)C(=O)CCCO)s1. The molecular formula is C12H19NO2S. The Kier molecular flexibility index (Phi) is 4.96. The largest absolute Gasteiger partial charge is 0.396 e. The second kappa shape index (κ2) is 6.01. The normalized spacial score (nSPS) is 12.5. The maximum absolute atomic E-state index is 11.7. The molecule has 0 aliphatic rings. The van der Waals surface area contributed by atoms with Gasteiger partial charge in [0.2, 0.25) is 5.91 Å². The van der Waals surface area contributed by atoms with Crippen molar-refractivity contribution in [2.45, 2.75) is 32.7 Å². The van der Waals surface area contributed by atoms with Crippen LogP contribution < -0.4 is 0 Å². The number of hydrogen-bond donors (Lipinski definition) is 1. The third kappa shape index (κ3) is 3.32. The summed E-state index contributed by atoms with van der Waals surface area (Å²) in [6.45, 7) is 4.17. The molecule has 90 valence electrons. The van der Waals surface area contributed by atoms with Crippen molar-refractivity contribution in [3.05, 3.63) is 21.9 Å². The van der Waals surface area contributed by atoms with Gasteiger partial charge in [-0.3, -0.25) is 4.79 Å². The number of carbonyl (C=O) groups excluding carboxylic acids is 1. The quantitative estimate of drug-likeness (QED) is 0.859. The van der Waals surface area contributed by atoms with Crippen LogP contribution in [0.5, 0.6) is 0 Å². The Morgan fingerprint density at radius 2 is 2.25 bits per heavy atom. The third-order valence-corrected chi connectivity index (χ3v) is 3.87. The van der Waals surface area contributed by atoms with Gasteiger partial charge in [0, 0.05) is 29.8 Å². The van der Waals surface area contributed by atoms with Crippen LogP contribution in [-0.2, 0) is 4.79 Å². The molecule has 3 nitrogen and oxygen atoms in total. The molecule has 1 amide bonds. The maximum atomic E-state index is 11.7. The van der Waals surface area contributed by atoms with E-state index < -0.39 is 0 Å². The molecule has 0 fully saturated rings. The predicted octanol–water partition coefficient (Wildman–Crippen LogP) is 2.35. The number of hydrogen-bond acceptors (Lipinski definition) is 3. The fraction of sp³-hybridized carbons (Fsp3) is 0.583. The lowest BCUT2D eigenvalue weighted by Gasteiger charge is -2.24. The highest BCUT2D eigenvalue weighted by Crippen LogP contribution is 2.26. The van der Waals surface area contributed by atoms with Gasteiger partial charge < -0.3 is 10.0 Å². The minimum atomic E-state index is 0.0755. The Hall–Kier alpha value is -0.870. The number of thiophene rings is 1. The minimum absolute atomic E-state index is 0.0755. The molecule has 16 heavy (non-hydrogen) atoms. The van der Waals surface area contributed by atoms with Crippen molar-refractivity contribution in [2.75, 3.05) is 13.7 Å². The smallest absolute Gasteiger partial charge is 0.222 e. The van der Waals surface area contributed by atoms with Crippen LogP contribution in [0.3, 0.4) is 0 Å². The summed E-state index contributed by atoms with van der Waals surface area (Å²) in [7, 11) is 1.82. The van der Waals surface area contributed by atoms with Crippen molar-refractivity contribution in [2.24, 2.45) is 0 Å². The summed E-state index contributed by atoms with van der Waals surface area (Å²) in [5.41, 5.74) is 0. The van der Waals surface area contributed by atoms with E-state index in [0.717, 1.165) is 0 Å². The number of amides is 1. The number of aryl methyl sites for hydroxylation is 1. The first-order valence-electron chi connectivity index (χ1n) is 5.49. The van der Waals surface area contributed by atoms with Gasteiger partial charge in [0.05, 0.1) is 6.04 Å². The van der Waals surface area contributed by atoms with E-state index in [-0.39, 0.29) is 18.6 Å². The first-order valence-corrected chi connectivity index (χ1v) is 6.30. The molecule has 0 saturated carbocycles. The summed E-state index contributed by atoms with van der Waals surface area (Å²) >= 11 is 1.72. The van der Waals surface area contributed by atoms with E-state index in [0.29, 0.717) is 12.8 Å². The Labute approximate surface area is 101 Å². The molecule has 0 aromatic carbocycles. The Balaban J connectivity index is 2.59. The highest BCUT2D eigenvalue weighted by atomic mass is 32.1. The van der Waals surface area contributed by atoms with E-state index in [9.17, 15) is 4.79 Å². The van der Waals surface area contributed by atoms with Crippen LogP contribution in [0.1, 0.15) is 35.6 Å². The molecule has 1 N–H and O–H groups in total. The third-order valence-electron chi connectivity index (χ3n) is 2.70. The van der Waals surface area contributed by atoms with Crippen molar-refractivity contribution < 1.29 is 9.90 Å². The minimum Gasteiger partial charge on any atom is -0.396 e. The molecule has 1 rings (SSSR count). The van der Waals surface area contributed by atoms with Crippen LogP contribution in [0, 0.1) is 6.92 Å². The number of nitrogens with zero attached hydrogens (tertiary/aromatic N) is 1. The van der Waals surface area contributed by atoms with Crippen LogP contribution in [-0.4, -0.2) is 29.6 Å². The lowest BCUT2D eigenvalue weighted by molar-refractivity contribution is -0.132. The maximum Gasteiger partial charge on any atom is 0.222 e. The van der Waals surface area contributed by atoms with Gasteiger partial charge in [-0.15, -0.1) is 11.3 Å². The van der Waals surface area contributed by atoms with Crippen LogP contribution in [0.2, 0.25) is 0 Å². The number of rotatable bonds is 5. The van der Waals surface area contributed by atoms with E-state index in [1.807, 2.05) is 14.0 Å². The highest BCUT2D eigenvalue weighted by molar-refractivity contribution is 7.12. The average molecular weight is 241 g/mol. The van der Waals surface area contributed by atoms with E-state index >= 15 is 0 Å². The Morgan fingerprint density at radius 1 is 1.56 bits per heavy atom. The van der Waals surface area contributed by atoms with E-state index in [1.54, 1.807) is 16.2 Å². The second-order valence-corrected chi connectivity index (χ2v) is 5.28.